The Balaban J connectivity index is 2.66. The molecular weight excluding hydrogens is 216 g/mol. The molecule has 3 nitrogen and oxygen atoms in total. The summed E-state index contributed by atoms with van der Waals surface area (Å²) in [4.78, 5) is 12.8. The van der Waals surface area contributed by atoms with Crippen molar-refractivity contribution in [1.29, 1.82) is 0 Å². The molecule has 0 spiro atoms. The normalized spacial score (nSPS) is 12.2. The lowest BCUT2D eigenvalue weighted by Crippen LogP contribution is -2.30. The second kappa shape index (κ2) is 5.55. The van der Waals surface area contributed by atoms with Crippen LogP contribution in [-0.2, 0) is 4.79 Å². The van der Waals surface area contributed by atoms with Gasteiger partial charge in [-0.1, -0.05) is 0 Å². The van der Waals surface area contributed by atoms with Gasteiger partial charge in [0.1, 0.15) is 12.5 Å². The fourth-order valence-corrected chi connectivity index (χ4v) is 1.20. The first-order chi connectivity index (χ1) is 7.54. The second-order valence-corrected chi connectivity index (χ2v) is 3.44. The molecule has 1 aromatic carbocycles. The summed E-state index contributed by atoms with van der Waals surface area (Å²) in [5.41, 5.74) is 0.498. The Kier molecular flexibility index (Phi) is 4.37. The number of rotatable bonds is 4. The Labute approximate surface area is 92.3 Å². The van der Waals surface area contributed by atoms with Gasteiger partial charge in [-0.15, -0.1) is 0 Å². The number of hydrogen-bond donors (Lipinski definition) is 1. The van der Waals surface area contributed by atoms with E-state index in [1.165, 1.54) is 36.2 Å². The minimum atomic E-state index is -1.28. The van der Waals surface area contributed by atoms with E-state index in [-0.39, 0.29) is 6.42 Å². The zero-order valence-corrected chi connectivity index (χ0v) is 8.86. The van der Waals surface area contributed by atoms with Gasteiger partial charge in [0.2, 0.25) is 5.91 Å². The predicted octanol–water partition coefficient (Wildman–Crippen LogP) is 1.51. The SMILES string of the molecule is CN(C(=O)CC(O)CF)c1ccc(F)cc1. The van der Waals surface area contributed by atoms with E-state index in [0.29, 0.717) is 5.69 Å². The monoisotopic (exact) mass is 229 g/mol. The maximum atomic E-state index is 12.6. The van der Waals surface area contributed by atoms with Crippen LogP contribution in [0.2, 0.25) is 0 Å². The largest absolute Gasteiger partial charge is 0.390 e. The average molecular weight is 229 g/mol. The molecule has 0 aliphatic heterocycles. The van der Waals surface area contributed by atoms with Crippen molar-refractivity contribution in [2.24, 2.45) is 0 Å². The molecule has 0 saturated carbocycles. The molecule has 0 heterocycles. The molecule has 1 amide bonds. The number of nitrogens with zero attached hydrogens (tertiary/aromatic N) is 1. The van der Waals surface area contributed by atoms with Crippen LogP contribution in [0.4, 0.5) is 14.5 Å². The molecular formula is C11H13F2NO2. The first kappa shape index (κ1) is 12.6. The Hall–Kier alpha value is -1.49. The minimum absolute atomic E-state index is 0.287. The summed E-state index contributed by atoms with van der Waals surface area (Å²) in [5, 5.41) is 8.99. The maximum absolute atomic E-state index is 12.6. The highest BCUT2D eigenvalue weighted by molar-refractivity contribution is 5.93. The Bertz CT molecular complexity index is 354. The van der Waals surface area contributed by atoms with Crippen LogP contribution in [0.3, 0.4) is 0 Å². The molecule has 88 valence electrons. The van der Waals surface area contributed by atoms with Crippen LogP contribution in [0.5, 0.6) is 0 Å². The molecule has 1 aromatic rings. The van der Waals surface area contributed by atoms with Crippen LogP contribution >= 0.6 is 0 Å². The number of amides is 1. The molecule has 16 heavy (non-hydrogen) atoms. The highest BCUT2D eigenvalue weighted by atomic mass is 19.1. The quantitative estimate of drug-likeness (QED) is 0.850. The molecule has 0 aromatic heterocycles. The van der Waals surface area contributed by atoms with Gasteiger partial charge in [-0.25, -0.2) is 8.78 Å². The van der Waals surface area contributed by atoms with Gasteiger partial charge in [0.05, 0.1) is 12.5 Å². The van der Waals surface area contributed by atoms with E-state index < -0.39 is 24.5 Å². The number of anilines is 1. The van der Waals surface area contributed by atoms with E-state index in [2.05, 4.69) is 0 Å². The third-order valence-electron chi connectivity index (χ3n) is 2.18. The fraction of sp³-hybridized carbons (Fsp3) is 0.364. The number of aliphatic hydroxyl groups excluding tert-OH is 1. The second-order valence-electron chi connectivity index (χ2n) is 3.44. The van der Waals surface area contributed by atoms with E-state index in [9.17, 15) is 13.6 Å². The van der Waals surface area contributed by atoms with Crippen molar-refractivity contribution >= 4 is 11.6 Å². The number of hydrogen-bond acceptors (Lipinski definition) is 2. The van der Waals surface area contributed by atoms with E-state index in [1.807, 2.05) is 0 Å². The summed E-state index contributed by atoms with van der Waals surface area (Å²) in [6, 6.07) is 5.33. The summed E-state index contributed by atoms with van der Waals surface area (Å²) >= 11 is 0. The highest BCUT2D eigenvalue weighted by Gasteiger charge is 2.15. The van der Waals surface area contributed by atoms with E-state index in [1.54, 1.807) is 0 Å². The topological polar surface area (TPSA) is 40.5 Å². The standard InChI is InChI=1S/C11H13F2NO2/c1-14(11(16)6-10(15)7-12)9-4-2-8(13)3-5-9/h2-5,10,15H,6-7H2,1H3. The van der Waals surface area contributed by atoms with Crippen LogP contribution in [0.15, 0.2) is 24.3 Å². The summed E-state index contributed by atoms with van der Waals surface area (Å²) in [7, 11) is 1.49. The molecule has 0 aliphatic carbocycles. The third kappa shape index (κ3) is 3.27. The third-order valence-corrected chi connectivity index (χ3v) is 2.18. The molecule has 1 N–H and O–H groups in total. The predicted molar refractivity (Wildman–Crippen MR) is 56.4 cm³/mol. The number of halogens is 2. The van der Waals surface area contributed by atoms with Crippen molar-refractivity contribution in [2.75, 3.05) is 18.6 Å². The van der Waals surface area contributed by atoms with Crippen LogP contribution in [0.25, 0.3) is 0 Å². The molecule has 1 unspecified atom stereocenters. The van der Waals surface area contributed by atoms with Crippen LogP contribution < -0.4 is 4.90 Å². The molecule has 5 heteroatoms. The summed E-state index contributed by atoms with van der Waals surface area (Å²) in [6.07, 6.45) is -1.57. The zero-order valence-electron chi connectivity index (χ0n) is 8.86. The molecule has 0 radical (unpaired) electrons. The summed E-state index contributed by atoms with van der Waals surface area (Å²) in [6.45, 7) is -0.955. The van der Waals surface area contributed by atoms with Crippen LogP contribution in [-0.4, -0.2) is 30.8 Å². The van der Waals surface area contributed by atoms with Gasteiger partial charge in [0.25, 0.3) is 0 Å². The van der Waals surface area contributed by atoms with Crippen molar-refractivity contribution in [1.82, 2.24) is 0 Å². The maximum Gasteiger partial charge on any atom is 0.229 e. The summed E-state index contributed by atoms with van der Waals surface area (Å²) < 4.78 is 24.6. The van der Waals surface area contributed by atoms with Crippen LogP contribution in [0.1, 0.15) is 6.42 Å². The van der Waals surface area contributed by atoms with Gasteiger partial charge < -0.3 is 10.0 Å². The number of alkyl halides is 1. The van der Waals surface area contributed by atoms with Gasteiger partial charge in [-0.2, -0.15) is 0 Å². The van der Waals surface area contributed by atoms with Crippen molar-refractivity contribution in [3.8, 4) is 0 Å². The molecule has 0 fully saturated rings. The number of carbonyl (C=O) groups is 1. The van der Waals surface area contributed by atoms with Gasteiger partial charge in [0.15, 0.2) is 0 Å². The molecule has 0 bridgehead atoms. The van der Waals surface area contributed by atoms with E-state index >= 15 is 0 Å². The van der Waals surface area contributed by atoms with E-state index in [0.717, 1.165) is 0 Å². The smallest absolute Gasteiger partial charge is 0.229 e. The molecule has 1 atom stereocenters. The van der Waals surface area contributed by atoms with Gasteiger partial charge in [0, 0.05) is 12.7 Å². The lowest BCUT2D eigenvalue weighted by Gasteiger charge is -2.18. The summed E-state index contributed by atoms with van der Waals surface area (Å²) in [5.74, 6) is -0.815. The van der Waals surface area contributed by atoms with Crippen LogP contribution in [0, 0.1) is 5.82 Å². The van der Waals surface area contributed by atoms with Crippen molar-refractivity contribution in [3.05, 3.63) is 30.1 Å². The average Bonchev–Trinajstić information content (AvgIpc) is 2.28. The highest BCUT2D eigenvalue weighted by Crippen LogP contribution is 2.14. The Morgan fingerprint density at radius 3 is 2.50 bits per heavy atom. The van der Waals surface area contributed by atoms with E-state index in [4.69, 9.17) is 5.11 Å². The number of carbonyl (C=O) groups excluding carboxylic acids is 1. The van der Waals surface area contributed by atoms with Crippen molar-refractivity contribution < 1.29 is 18.7 Å². The number of aliphatic hydroxyl groups is 1. The first-order valence-electron chi connectivity index (χ1n) is 4.80. The molecule has 0 aliphatic rings. The Morgan fingerprint density at radius 1 is 1.44 bits per heavy atom. The number of benzene rings is 1. The lowest BCUT2D eigenvalue weighted by atomic mass is 10.2. The fourth-order valence-electron chi connectivity index (χ4n) is 1.20. The molecule has 0 saturated heterocycles. The van der Waals surface area contributed by atoms with Gasteiger partial charge in [-0.05, 0) is 24.3 Å². The Morgan fingerprint density at radius 2 is 2.00 bits per heavy atom. The minimum Gasteiger partial charge on any atom is -0.390 e. The zero-order chi connectivity index (χ0) is 12.1. The van der Waals surface area contributed by atoms with Gasteiger partial charge >= 0.3 is 0 Å². The van der Waals surface area contributed by atoms with Crippen molar-refractivity contribution in [3.63, 3.8) is 0 Å². The lowest BCUT2D eigenvalue weighted by molar-refractivity contribution is -0.120. The molecule has 1 rings (SSSR count). The van der Waals surface area contributed by atoms with Gasteiger partial charge in [-0.3, -0.25) is 4.79 Å². The first-order valence-corrected chi connectivity index (χ1v) is 4.80. The van der Waals surface area contributed by atoms with Crippen molar-refractivity contribution in [2.45, 2.75) is 12.5 Å².